The van der Waals surface area contributed by atoms with Gasteiger partial charge in [0.25, 0.3) is 0 Å². The zero-order valence-corrected chi connectivity index (χ0v) is 17.0. The first kappa shape index (κ1) is 20.3. The average Bonchev–Trinajstić information content (AvgIpc) is 2.75. The molecule has 2 aliphatic heterocycles. The standard InChI is InChI=1S/C23H26FN3O3/c1-2-30-22(29)27-13-11-23(12-14-27)25-19(16-7-9-17(24)10-8-16)15-20(26-23)18-5-3-4-6-21(18)28/h3-10,20,26,28H,2,11-15H2,1H3/t20-/m0/s1. The minimum Gasteiger partial charge on any atom is -0.508 e. The number of carbonyl (C=O) groups excluding carboxylic acids is 1. The van der Waals surface area contributed by atoms with Crippen molar-refractivity contribution in [2.75, 3.05) is 19.7 Å². The Kier molecular flexibility index (Phi) is 5.72. The van der Waals surface area contributed by atoms with E-state index in [1.807, 2.05) is 12.1 Å². The molecule has 0 bridgehead atoms. The summed E-state index contributed by atoms with van der Waals surface area (Å²) in [6, 6.07) is 13.5. The van der Waals surface area contributed by atoms with E-state index in [1.54, 1.807) is 36.1 Å². The highest BCUT2D eigenvalue weighted by Crippen LogP contribution is 2.37. The zero-order chi connectivity index (χ0) is 21.1. The van der Waals surface area contributed by atoms with Gasteiger partial charge in [0, 0.05) is 49.7 Å². The molecule has 0 saturated carbocycles. The van der Waals surface area contributed by atoms with Gasteiger partial charge in [0.05, 0.1) is 6.61 Å². The molecule has 0 radical (unpaired) electrons. The number of carbonyl (C=O) groups is 1. The molecule has 1 atom stereocenters. The van der Waals surface area contributed by atoms with Crippen molar-refractivity contribution in [2.24, 2.45) is 4.99 Å². The molecule has 2 aliphatic rings. The minimum atomic E-state index is -0.558. The lowest BCUT2D eigenvalue weighted by Gasteiger charge is -2.45. The number of aromatic hydroxyl groups is 1. The molecule has 4 rings (SSSR count). The van der Waals surface area contributed by atoms with Crippen molar-refractivity contribution in [2.45, 2.75) is 37.9 Å². The Bertz CT molecular complexity index is 937. The van der Waals surface area contributed by atoms with Crippen LogP contribution in [0.15, 0.2) is 53.5 Å². The van der Waals surface area contributed by atoms with E-state index in [9.17, 15) is 14.3 Å². The van der Waals surface area contributed by atoms with Gasteiger partial charge in [-0.3, -0.25) is 10.3 Å². The largest absolute Gasteiger partial charge is 0.508 e. The van der Waals surface area contributed by atoms with Crippen LogP contribution in [0.2, 0.25) is 0 Å². The van der Waals surface area contributed by atoms with Crippen molar-refractivity contribution in [1.82, 2.24) is 10.2 Å². The first-order valence-electron chi connectivity index (χ1n) is 10.3. The molecule has 0 aliphatic carbocycles. The Morgan fingerprint density at radius 1 is 1.23 bits per heavy atom. The molecule has 6 nitrogen and oxygen atoms in total. The Labute approximate surface area is 175 Å². The third-order valence-corrected chi connectivity index (χ3v) is 5.80. The molecule has 1 spiro atoms. The number of phenols is 1. The number of nitrogens with one attached hydrogen (secondary N) is 1. The number of piperidine rings is 1. The van der Waals surface area contributed by atoms with Crippen LogP contribution < -0.4 is 5.32 Å². The van der Waals surface area contributed by atoms with Gasteiger partial charge < -0.3 is 14.7 Å². The molecule has 158 valence electrons. The lowest BCUT2D eigenvalue weighted by atomic mass is 9.87. The van der Waals surface area contributed by atoms with E-state index in [4.69, 9.17) is 9.73 Å². The SMILES string of the molecule is CCOC(=O)N1CCC2(CC1)N=C(c1ccc(F)cc1)C[C@@H](c1ccccc1O)N2. The molecule has 0 unspecified atom stereocenters. The Morgan fingerprint density at radius 2 is 1.93 bits per heavy atom. The number of benzene rings is 2. The van der Waals surface area contributed by atoms with Crippen LogP contribution in [0.5, 0.6) is 5.75 Å². The van der Waals surface area contributed by atoms with Gasteiger partial charge in [0.15, 0.2) is 0 Å². The van der Waals surface area contributed by atoms with E-state index in [-0.39, 0.29) is 23.7 Å². The third kappa shape index (κ3) is 4.16. The smallest absolute Gasteiger partial charge is 0.409 e. The minimum absolute atomic E-state index is 0.141. The highest BCUT2D eigenvalue weighted by atomic mass is 19.1. The maximum atomic E-state index is 13.4. The van der Waals surface area contributed by atoms with Gasteiger partial charge in [-0.2, -0.15) is 0 Å². The fourth-order valence-electron chi connectivity index (χ4n) is 4.23. The lowest BCUT2D eigenvalue weighted by molar-refractivity contribution is 0.0778. The van der Waals surface area contributed by atoms with Crippen LogP contribution in [0, 0.1) is 5.82 Å². The number of rotatable bonds is 3. The van der Waals surface area contributed by atoms with Crippen molar-refractivity contribution in [3.63, 3.8) is 0 Å². The van der Waals surface area contributed by atoms with Gasteiger partial charge in [-0.25, -0.2) is 9.18 Å². The normalized spacial score (nSPS) is 20.7. The van der Waals surface area contributed by atoms with Gasteiger partial charge in [0.1, 0.15) is 17.2 Å². The summed E-state index contributed by atoms with van der Waals surface area (Å²) in [5.74, 6) is -0.0579. The number of ether oxygens (including phenoxy) is 1. The number of hydrogen-bond acceptors (Lipinski definition) is 5. The van der Waals surface area contributed by atoms with E-state index >= 15 is 0 Å². The predicted molar refractivity (Wildman–Crippen MR) is 112 cm³/mol. The van der Waals surface area contributed by atoms with Crippen LogP contribution >= 0.6 is 0 Å². The zero-order valence-electron chi connectivity index (χ0n) is 17.0. The maximum absolute atomic E-state index is 13.4. The van der Waals surface area contributed by atoms with Gasteiger partial charge in [-0.15, -0.1) is 0 Å². The number of halogens is 1. The van der Waals surface area contributed by atoms with Gasteiger partial charge in [-0.05, 0) is 30.7 Å². The van der Waals surface area contributed by atoms with E-state index in [0.717, 1.165) is 16.8 Å². The van der Waals surface area contributed by atoms with Crippen LogP contribution in [0.4, 0.5) is 9.18 Å². The summed E-state index contributed by atoms with van der Waals surface area (Å²) in [5, 5.41) is 14.0. The first-order chi connectivity index (χ1) is 14.5. The molecule has 1 saturated heterocycles. The van der Waals surface area contributed by atoms with Gasteiger partial charge in [-0.1, -0.05) is 30.3 Å². The highest BCUT2D eigenvalue weighted by molar-refractivity contribution is 6.01. The number of hydrogen-bond donors (Lipinski definition) is 2. The monoisotopic (exact) mass is 411 g/mol. The van der Waals surface area contributed by atoms with E-state index in [2.05, 4.69) is 5.32 Å². The van der Waals surface area contributed by atoms with E-state index in [1.165, 1.54) is 12.1 Å². The molecule has 2 heterocycles. The maximum Gasteiger partial charge on any atom is 0.409 e. The Balaban J connectivity index is 1.64. The van der Waals surface area contributed by atoms with Crippen molar-refractivity contribution in [3.05, 3.63) is 65.5 Å². The summed E-state index contributed by atoms with van der Waals surface area (Å²) in [6.45, 7) is 3.20. The summed E-state index contributed by atoms with van der Waals surface area (Å²) in [6.07, 6.45) is 1.52. The molecule has 2 aromatic rings. The summed E-state index contributed by atoms with van der Waals surface area (Å²) in [4.78, 5) is 18.8. The third-order valence-electron chi connectivity index (χ3n) is 5.80. The van der Waals surface area contributed by atoms with E-state index < -0.39 is 5.66 Å². The molecule has 30 heavy (non-hydrogen) atoms. The lowest BCUT2D eigenvalue weighted by Crippen LogP contribution is -2.56. The number of aliphatic imine (C=N–C) groups is 1. The molecule has 1 fully saturated rings. The quantitative estimate of drug-likeness (QED) is 0.801. The van der Waals surface area contributed by atoms with Crippen LogP contribution in [-0.2, 0) is 4.74 Å². The van der Waals surface area contributed by atoms with Crippen LogP contribution in [0.25, 0.3) is 0 Å². The van der Waals surface area contributed by atoms with Crippen molar-refractivity contribution in [3.8, 4) is 5.75 Å². The van der Waals surface area contributed by atoms with Crippen molar-refractivity contribution >= 4 is 11.8 Å². The Hall–Kier alpha value is -2.93. The number of likely N-dealkylation sites (tertiary alicyclic amines) is 1. The van der Waals surface area contributed by atoms with Crippen LogP contribution in [0.1, 0.15) is 43.4 Å². The summed E-state index contributed by atoms with van der Waals surface area (Å²) < 4.78 is 18.6. The molecule has 0 aromatic heterocycles. The fraction of sp³-hybridized carbons (Fsp3) is 0.391. The van der Waals surface area contributed by atoms with Crippen LogP contribution in [0.3, 0.4) is 0 Å². The number of nitrogens with zero attached hydrogens (tertiary/aromatic N) is 2. The second kappa shape index (κ2) is 8.44. The highest BCUT2D eigenvalue weighted by Gasteiger charge is 2.41. The van der Waals surface area contributed by atoms with Crippen molar-refractivity contribution < 1.29 is 19.0 Å². The molecule has 2 N–H and O–H groups in total. The molecule has 7 heteroatoms. The topological polar surface area (TPSA) is 74.2 Å². The first-order valence-corrected chi connectivity index (χ1v) is 10.3. The summed E-state index contributed by atoms with van der Waals surface area (Å²) in [7, 11) is 0. The van der Waals surface area contributed by atoms with Gasteiger partial charge in [0.2, 0.25) is 0 Å². The molecule has 1 amide bonds. The molecular formula is C23H26FN3O3. The summed E-state index contributed by atoms with van der Waals surface area (Å²) in [5.41, 5.74) is 1.98. The number of phenolic OH excluding ortho intramolecular Hbond substituents is 1. The average molecular weight is 411 g/mol. The fourth-order valence-corrected chi connectivity index (χ4v) is 4.23. The predicted octanol–water partition coefficient (Wildman–Crippen LogP) is 4.00. The Morgan fingerprint density at radius 3 is 2.60 bits per heavy atom. The number of amides is 1. The van der Waals surface area contributed by atoms with Crippen molar-refractivity contribution in [1.29, 1.82) is 0 Å². The number of para-hydroxylation sites is 1. The van der Waals surface area contributed by atoms with Gasteiger partial charge >= 0.3 is 6.09 Å². The second-order valence-corrected chi connectivity index (χ2v) is 7.74. The van der Waals surface area contributed by atoms with Crippen LogP contribution in [-0.4, -0.2) is 47.2 Å². The molecule has 2 aromatic carbocycles. The van der Waals surface area contributed by atoms with E-state index in [0.29, 0.717) is 39.0 Å². The second-order valence-electron chi connectivity index (χ2n) is 7.74. The molecular weight excluding hydrogens is 385 g/mol. The summed E-state index contributed by atoms with van der Waals surface area (Å²) >= 11 is 0.